The zero-order chi connectivity index (χ0) is 25.0. The molecule has 5 aromatic rings. The quantitative estimate of drug-likeness (QED) is 0.159. The predicted octanol–water partition coefficient (Wildman–Crippen LogP) is 6.38. The molecule has 0 heterocycles. The van der Waals surface area contributed by atoms with Gasteiger partial charge in [-0.15, -0.1) is 0 Å². The zero-order valence-electron chi connectivity index (χ0n) is 19.9. The summed E-state index contributed by atoms with van der Waals surface area (Å²) < 4.78 is -0.536. The Morgan fingerprint density at radius 1 is 0.667 bits per heavy atom. The largest absolute Gasteiger partial charge is 0.312 e. The summed E-state index contributed by atoms with van der Waals surface area (Å²) in [5, 5.41) is 12.9. The molecule has 1 atom stereocenters. The molecular formula is C33H27BrN2. The Kier molecular flexibility index (Phi) is 6.95. The molecule has 1 aliphatic rings. The zero-order valence-corrected chi connectivity index (χ0v) is 21.5. The average Bonchev–Trinajstić information content (AvgIpc) is 2.93. The molecule has 1 aliphatic carbocycles. The smallest absolute Gasteiger partial charge is 0.102 e. The minimum absolute atomic E-state index is 0.536. The number of rotatable bonds is 3. The number of fused-ring (bicyclic) bond motifs is 2. The Morgan fingerprint density at radius 2 is 1.22 bits per heavy atom. The Hall–Kier alpha value is -3.79. The van der Waals surface area contributed by atoms with E-state index in [2.05, 4.69) is 88.7 Å². The lowest BCUT2D eigenvalue weighted by Gasteiger charge is -2.29. The number of hydrogen-bond acceptors (Lipinski definition) is 2. The highest BCUT2D eigenvalue weighted by molar-refractivity contribution is 9.10. The lowest BCUT2D eigenvalue weighted by Crippen LogP contribution is -2.45. The van der Waals surface area contributed by atoms with E-state index in [1.807, 2.05) is 60.7 Å². The van der Waals surface area contributed by atoms with Crippen LogP contribution in [0, 0.1) is 5.41 Å². The van der Waals surface area contributed by atoms with Gasteiger partial charge in [0.05, 0.1) is 5.71 Å². The van der Waals surface area contributed by atoms with Gasteiger partial charge in [0.15, 0.2) is 0 Å². The number of nitrogens with two attached hydrogens (primary N) is 1. The van der Waals surface area contributed by atoms with Crippen LogP contribution in [0.3, 0.4) is 0 Å². The third-order valence-corrected chi connectivity index (χ3v) is 7.17. The van der Waals surface area contributed by atoms with Crippen molar-refractivity contribution >= 4 is 44.1 Å². The SMILES string of the molecule is N=C(c1ccccc1)c1ccccc1.NC1(Br)CC=c2ccccc2=C1c1cccc2ccccc12. The van der Waals surface area contributed by atoms with Crippen molar-refractivity contribution in [3.8, 4) is 0 Å². The molecule has 0 spiro atoms. The van der Waals surface area contributed by atoms with Gasteiger partial charge in [-0.05, 0) is 49.9 Å². The van der Waals surface area contributed by atoms with Gasteiger partial charge in [-0.3, -0.25) is 5.41 Å². The maximum absolute atomic E-state index is 7.97. The molecule has 0 amide bonds. The minimum Gasteiger partial charge on any atom is -0.312 e. The van der Waals surface area contributed by atoms with Crippen molar-refractivity contribution in [3.05, 3.63) is 155 Å². The van der Waals surface area contributed by atoms with Crippen molar-refractivity contribution in [2.24, 2.45) is 5.73 Å². The molecule has 5 aromatic carbocycles. The van der Waals surface area contributed by atoms with Crippen molar-refractivity contribution in [2.45, 2.75) is 10.9 Å². The highest BCUT2D eigenvalue weighted by atomic mass is 79.9. The van der Waals surface area contributed by atoms with Crippen LogP contribution in [-0.4, -0.2) is 10.2 Å². The van der Waals surface area contributed by atoms with Gasteiger partial charge < -0.3 is 5.73 Å². The molecule has 36 heavy (non-hydrogen) atoms. The van der Waals surface area contributed by atoms with Gasteiger partial charge in [0.1, 0.15) is 4.45 Å². The van der Waals surface area contributed by atoms with Crippen molar-refractivity contribution in [2.75, 3.05) is 0 Å². The number of alkyl halides is 1. The molecule has 0 aromatic heterocycles. The molecular weight excluding hydrogens is 504 g/mol. The van der Waals surface area contributed by atoms with Gasteiger partial charge in [-0.2, -0.15) is 0 Å². The van der Waals surface area contributed by atoms with E-state index in [1.54, 1.807) is 0 Å². The van der Waals surface area contributed by atoms with E-state index in [4.69, 9.17) is 11.1 Å². The second kappa shape index (κ2) is 10.4. The average molecular weight is 531 g/mol. The standard InChI is InChI=1S/C20H16BrN.C13H11N/c21-20(22)13-12-15-7-2-4-10-17(15)19(20)18-11-5-8-14-6-1-3-9-16(14)18;14-13(11-7-3-1-4-8-11)12-9-5-2-6-10-12/h1-12H,13,22H2;1-10,14H. The fourth-order valence-corrected chi connectivity index (χ4v) is 5.26. The van der Waals surface area contributed by atoms with Gasteiger partial charge in [0.25, 0.3) is 0 Å². The summed E-state index contributed by atoms with van der Waals surface area (Å²) in [4.78, 5) is 0. The van der Waals surface area contributed by atoms with E-state index in [0.29, 0.717) is 5.71 Å². The maximum Gasteiger partial charge on any atom is 0.102 e. The second-order valence-corrected chi connectivity index (χ2v) is 10.3. The summed E-state index contributed by atoms with van der Waals surface area (Å²) in [5.41, 5.74) is 11.5. The molecule has 0 fully saturated rings. The molecule has 1 unspecified atom stereocenters. The van der Waals surface area contributed by atoms with Gasteiger partial charge in [-0.25, -0.2) is 0 Å². The summed E-state index contributed by atoms with van der Waals surface area (Å²) in [6, 6.07) is 42.9. The monoisotopic (exact) mass is 530 g/mol. The third-order valence-electron chi connectivity index (χ3n) is 6.45. The second-order valence-electron chi connectivity index (χ2n) is 8.87. The molecule has 0 bridgehead atoms. The molecule has 2 nitrogen and oxygen atoms in total. The van der Waals surface area contributed by atoms with E-state index in [9.17, 15) is 0 Å². The normalized spacial score (nSPS) is 16.3. The fourth-order valence-electron chi connectivity index (χ4n) is 4.68. The van der Waals surface area contributed by atoms with Crippen LogP contribution in [0.15, 0.2) is 127 Å². The molecule has 0 saturated carbocycles. The van der Waals surface area contributed by atoms with E-state index in [1.165, 1.54) is 32.3 Å². The molecule has 6 rings (SSSR count). The van der Waals surface area contributed by atoms with Crippen LogP contribution in [-0.2, 0) is 0 Å². The summed E-state index contributed by atoms with van der Waals surface area (Å²) >= 11 is 3.76. The lowest BCUT2D eigenvalue weighted by molar-refractivity contribution is 0.811. The first-order chi connectivity index (χ1) is 17.5. The van der Waals surface area contributed by atoms with Crippen molar-refractivity contribution < 1.29 is 0 Å². The van der Waals surface area contributed by atoms with E-state index in [0.717, 1.165) is 17.5 Å². The van der Waals surface area contributed by atoms with Gasteiger partial charge >= 0.3 is 0 Å². The van der Waals surface area contributed by atoms with Crippen LogP contribution >= 0.6 is 15.9 Å². The third kappa shape index (κ3) is 4.94. The summed E-state index contributed by atoms with van der Waals surface area (Å²) in [5.74, 6) is 0. The lowest BCUT2D eigenvalue weighted by atomic mass is 9.87. The van der Waals surface area contributed by atoms with Crippen LogP contribution in [0.1, 0.15) is 23.1 Å². The predicted molar refractivity (Wildman–Crippen MR) is 156 cm³/mol. The number of benzene rings is 5. The Morgan fingerprint density at radius 3 is 1.92 bits per heavy atom. The molecule has 0 saturated heterocycles. The Bertz CT molecular complexity index is 1590. The topological polar surface area (TPSA) is 49.9 Å². The molecule has 176 valence electrons. The van der Waals surface area contributed by atoms with Crippen LogP contribution < -0.4 is 16.2 Å². The van der Waals surface area contributed by atoms with E-state index < -0.39 is 4.45 Å². The number of nitrogens with one attached hydrogen (secondary N) is 1. The highest BCUT2D eigenvalue weighted by Gasteiger charge is 2.30. The first kappa shape index (κ1) is 23.9. The first-order valence-corrected chi connectivity index (χ1v) is 12.8. The maximum atomic E-state index is 7.97. The van der Waals surface area contributed by atoms with Crippen molar-refractivity contribution in [3.63, 3.8) is 0 Å². The fraction of sp³-hybridized carbons (Fsp3) is 0.0606. The first-order valence-electron chi connectivity index (χ1n) is 12.0. The summed E-state index contributed by atoms with van der Waals surface area (Å²) in [6.45, 7) is 0. The van der Waals surface area contributed by atoms with Gasteiger partial charge in [0.2, 0.25) is 0 Å². The van der Waals surface area contributed by atoms with Gasteiger partial charge in [0, 0.05) is 0 Å². The number of hydrogen-bond donors (Lipinski definition) is 2. The van der Waals surface area contributed by atoms with Crippen LogP contribution in [0.5, 0.6) is 0 Å². The Labute approximate surface area is 220 Å². The summed E-state index contributed by atoms with van der Waals surface area (Å²) in [6.07, 6.45) is 2.99. The highest BCUT2D eigenvalue weighted by Crippen LogP contribution is 2.36. The molecule has 0 aliphatic heterocycles. The molecule has 3 heteroatoms. The summed E-state index contributed by atoms with van der Waals surface area (Å²) in [7, 11) is 0. The van der Waals surface area contributed by atoms with Crippen molar-refractivity contribution in [1.82, 2.24) is 0 Å². The minimum atomic E-state index is -0.536. The number of halogens is 1. The van der Waals surface area contributed by atoms with Crippen LogP contribution in [0.2, 0.25) is 0 Å². The molecule has 0 radical (unpaired) electrons. The Balaban J connectivity index is 0.000000165. The van der Waals surface area contributed by atoms with E-state index >= 15 is 0 Å². The van der Waals surface area contributed by atoms with Crippen LogP contribution in [0.25, 0.3) is 22.4 Å². The molecule has 3 N–H and O–H groups in total. The van der Waals surface area contributed by atoms with Crippen molar-refractivity contribution in [1.29, 1.82) is 5.41 Å². The van der Waals surface area contributed by atoms with Gasteiger partial charge in [-0.1, -0.05) is 149 Å². The van der Waals surface area contributed by atoms with Crippen LogP contribution in [0.4, 0.5) is 0 Å². The van der Waals surface area contributed by atoms with E-state index in [-0.39, 0.29) is 0 Å².